The maximum atomic E-state index is 13.5. The van der Waals surface area contributed by atoms with E-state index in [0.717, 1.165) is 30.6 Å². The smallest absolute Gasteiger partial charge is 0.273 e. The SMILES string of the molecule is O=C(NC1CNCCC1c1ccc(F)c(F)c1)c1csnn1. The fourth-order valence-electron chi connectivity index (χ4n) is 2.66. The van der Waals surface area contributed by atoms with E-state index in [9.17, 15) is 13.6 Å². The summed E-state index contributed by atoms with van der Waals surface area (Å²) in [4.78, 5) is 12.1. The van der Waals surface area contributed by atoms with Crippen molar-refractivity contribution in [1.82, 2.24) is 20.2 Å². The number of piperidine rings is 1. The molecule has 0 bridgehead atoms. The number of carbonyl (C=O) groups is 1. The van der Waals surface area contributed by atoms with Gasteiger partial charge in [-0.15, -0.1) is 5.10 Å². The maximum absolute atomic E-state index is 13.5. The van der Waals surface area contributed by atoms with Gasteiger partial charge in [-0.05, 0) is 42.2 Å². The zero-order valence-corrected chi connectivity index (χ0v) is 12.4. The van der Waals surface area contributed by atoms with E-state index in [1.54, 1.807) is 11.4 Å². The largest absolute Gasteiger partial charge is 0.346 e. The van der Waals surface area contributed by atoms with Crippen molar-refractivity contribution in [2.24, 2.45) is 0 Å². The molecule has 1 aliphatic heterocycles. The van der Waals surface area contributed by atoms with Gasteiger partial charge in [-0.3, -0.25) is 4.79 Å². The highest BCUT2D eigenvalue weighted by Crippen LogP contribution is 2.27. The number of halogens is 2. The fraction of sp³-hybridized carbons (Fsp3) is 0.357. The maximum Gasteiger partial charge on any atom is 0.273 e. The Bertz CT molecular complexity index is 665. The van der Waals surface area contributed by atoms with E-state index in [1.807, 2.05) is 0 Å². The summed E-state index contributed by atoms with van der Waals surface area (Å²) in [5.74, 6) is -2.13. The van der Waals surface area contributed by atoms with Gasteiger partial charge in [-0.1, -0.05) is 10.6 Å². The van der Waals surface area contributed by atoms with Crippen LogP contribution < -0.4 is 10.6 Å². The van der Waals surface area contributed by atoms with E-state index in [0.29, 0.717) is 12.1 Å². The molecule has 2 aromatic rings. The minimum absolute atomic E-state index is 0.0769. The van der Waals surface area contributed by atoms with Crippen LogP contribution in [-0.4, -0.2) is 34.6 Å². The molecule has 2 N–H and O–H groups in total. The van der Waals surface area contributed by atoms with Crippen molar-refractivity contribution in [3.8, 4) is 0 Å². The average Bonchev–Trinajstić information content (AvgIpc) is 3.05. The molecule has 2 unspecified atom stereocenters. The molecule has 2 atom stereocenters. The normalized spacial score (nSPS) is 21.5. The minimum Gasteiger partial charge on any atom is -0.346 e. The van der Waals surface area contributed by atoms with Crippen LogP contribution in [0.3, 0.4) is 0 Å². The van der Waals surface area contributed by atoms with E-state index in [-0.39, 0.29) is 23.6 Å². The summed E-state index contributed by atoms with van der Waals surface area (Å²) in [6, 6.07) is 3.68. The second kappa shape index (κ2) is 6.45. The Balaban J connectivity index is 1.79. The second-order valence-electron chi connectivity index (χ2n) is 5.14. The molecule has 22 heavy (non-hydrogen) atoms. The Hall–Kier alpha value is -1.93. The number of nitrogens with zero attached hydrogens (tertiary/aromatic N) is 2. The zero-order chi connectivity index (χ0) is 15.5. The first-order valence-electron chi connectivity index (χ1n) is 6.88. The lowest BCUT2D eigenvalue weighted by atomic mass is 9.86. The average molecular weight is 324 g/mol. The lowest BCUT2D eigenvalue weighted by molar-refractivity contribution is 0.0919. The number of carbonyl (C=O) groups excluding carboxylic acids is 1. The van der Waals surface area contributed by atoms with Gasteiger partial charge < -0.3 is 10.6 Å². The van der Waals surface area contributed by atoms with E-state index >= 15 is 0 Å². The van der Waals surface area contributed by atoms with Crippen molar-refractivity contribution in [3.05, 3.63) is 46.5 Å². The molecule has 2 heterocycles. The standard InChI is InChI=1S/C14H14F2N4OS/c15-10-2-1-8(5-11(10)16)9-3-4-17-6-12(9)18-14(21)13-7-22-20-19-13/h1-2,5,7,9,12,17H,3-4,6H2,(H,18,21). The summed E-state index contributed by atoms with van der Waals surface area (Å²) in [5, 5.41) is 11.4. The molecule has 0 spiro atoms. The van der Waals surface area contributed by atoms with Gasteiger partial charge in [-0.2, -0.15) is 0 Å². The Morgan fingerprint density at radius 3 is 2.95 bits per heavy atom. The van der Waals surface area contributed by atoms with E-state index in [2.05, 4.69) is 20.2 Å². The first-order chi connectivity index (χ1) is 10.6. The number of benzene rings is 1. The van der Waals surface area contributed by atoms with Crippen molar-refractivity contribution in [1.29, 1.82) is 0 Å². The third-order valence-corrected chi connectivity index (χ3v) is 4.27. The number of hydrogen-bond donors (Lipinski definition) is 2. The molecular weight excluding hydrogens is 310 g/mol. The Kier molecular flexibility index (Phi) is 4.39. The second-order valence-corrected chi connectivity index (χ2v) is 5.75. The van der Waals surface area contributed by atoms with Crippen molar-refractivity contribution in [2.45, 2.75) is 18.4 Å². The molecule has 5 nitrogen and oxygen atoms in total. The topological polar surface area (TPSA) is 66.9 Å². The summed E-state index contributed by atoms with van der Waals surface area (Å²) >= 11 is 1.10. The van der Waals surface area contributed by atoms with Gasteiger partial charge in [0, 0.05) is 23.9 Å². The van der Waals surface area contributed by atoms with E-state index in [1.165, 1.54) is 6.07 Å². The quantitative estimate of drug-likeness (QED) is 0.902. The van der Waals surface area contributed by atoms with E-state index in [4.69, 9.17) is 0 Å². The highest BCUT2D eigenvalue weighted by Gasteiger charge is 2.29. The third kappa shape index (κ3) is 3.12. The summed E-state index contributed by atoms with van der Waals surface area (Å²) in [7, 11) is 0. The zero-order valence-electron chi connectivity index (χ0n) is 11.6. The predicted octanol–water partition coefficient (Wildman–Crippen LogP) is 1.69. The van der Waals surface area contributed by atoms with Gasteiger partial charge in [-0.25, -0.2) is 8.78 Å². The van der Waals surface area contributed by atoms with Crippen molar-refractivity contribution in [2.75, 3.05) is 13.1 Å². The fourth-order valence-corrected chi connectivity index (χ4v) is 3.09. The van der Waals surface area contributed by atoms with Crippen molar-refractivity contribution < 1.29 is 13.6 Å². The van der Waals surface area contributed by atoms with E-state index < -0.39 is 11.6 Å². The van der Waals surface area contributed by atoms with Crippen molar-refractivity contribution >= 4 is 17.4 Å². The molecule has 0 aliphatic carbocycles. The number of nitrogens with one attached hydrogen (secondary N) is 2. The Morgan fingerprint density at radius 2 is 2.23 bits per heavy atom. The number of hydrogen-bond acceptors (Lipinski definition) is 5. The Labute approximate surface area is 129 Å². The van der Waals surface area contributed by atoms with Crippen LogP contribution in [-0.2, 0) is 0 Å². The van der Waals surface area contributed by atoms with Crippen LogP contribution >= 0.6 is 11.5 Å². The number of amides is 1. The Morgan fingerprint density at radius 1 is 1.36 bits per heavy atom. The van der Waals surface area contributed by atoms with Gasteiger partial charge in [0.1, 0.15) is 0 Å². The summed E-state index contributed by atoms with van der Waals surface area (Å²) in [6.45, 7) is 1.32. The molecule has 116 valence electrons. The number of rotatable bonds is 3. The first-order valence-corrected chi connectivity index (χ1v) is 7.72. The molecule has 0 radical (unpaired) electrons. The monoisotopic (exact) mass is 324 g/mol. The third-order valence-electron chi connectivity index (χ3n) is 3.76. The van der Waals surface area contributed by atoms with Gasteiger partial charge in [0.25, 0.3) is 5.91 Å². The molecule has 1 fully saturated rings. The van der Waals surface area contributed by atoms with Gasteiger partial charge in [0.05, 0.1) is 0 Å². The molecule has 1 amide bonds. The van der Waals surface area contributed by atoms with Crippen LogP contribution in [0, 0.1) is 11.6 Å². The van der Waals surface area contributed by atoms with Gasteiger partial charge in [0.15, 0.2) is 17.3 Å². The van der Waals surface area contributed by atoms with Crippen LogP contribution in [0.25, 0.3) is 0 Å². The predicted molar refractivity (Wildman–Crippen MR) is 77.7 cm³/mol. The highest BCUT2D eigenvalue weighted by atomic mass is 32.1. The summed E-state index contributed by atoms with van der Waals surface area (Å²) in [5.41, 5.74) is 0.946. The van der Waals surface area contributed by atoms with Crippen LogP contribution in [0.2, 0.25) is 0 Å². The lowest BCUT2D eigenvalue weighted by Gasteiger charge is -2.33. The van der Waals surface area contributed by atoms with Crippen molar-refractivity contribution in [3.63, 3.8) is 0 Å². The van der Waals surface area contributed by atoms with Gasteiger partial charge in [0.2, 0.25) is 0 Å². The molecule has 3 rings (SSSR count). The molecule has 8 heteroatoms. The minimum atomic E-state index is -0.871. The first kappa shape index (κ1) is 15.0. The van der Waals surface area contributed by atoms with Crippen LogP contribution in [0.15, 0.2) is 23.6 Å². The molecule has 1 saturated heterocycles. The van der Waals surface area contributed by atoms with Crippen LogP contribution in [0.5, 0.6) is 0 Å². The van der Waals surface area contributed by atoms with Gasteiger partial charge >= 0.3 is 0 Å². The molecular formula is C14H14F2N4OS. The molecule has 0 saturated carbocycles. The summed E-state index contributed by atoms with van der Waals surface area (Å²) < 4.78 is 30.2. The van der Waals surface area contributed by atoms with Crippen LogP contribution in [0.4, 0.5) is 8.78 Å². The van der Waals surface area contributed by atoms with Crippen LogP contribution in [0.1, 0.15) is 28.4 Å². The highest BCUT2D eigenvalue weighted by molar-refractivity contribution is 7.03. The number of aromatic nitrogens is 2. The molecule has 1 aromatic carbocycles. The lowest BCUT2D eigenvalue weighted by Crippen LogP contribution is -2.50. The summed E-state index contributed by atoms with van der Waals surface area (Å²) in [6.07, 6.45) is 0.728. The molecule has 1 aromatic heterocycles. The molecule has 1 aliphatic rings.